The summed E-state index contributed by atoms with van der Waals surface area (Å²) in [6, 6.07) is 20.1. The standard InChI is InChI=1S/C22H19NO5S2/c24-22(25)17(12-10-15-6-2-1-3-7-15)23-30(26,27)16-11-13-19-21(14-16)29-20-9-5-4-8-18(20)28-19/h1-9,11,13-14,17,23H,10,12H2,(H,24,25)/t17-/m1/s1. The number of hydrogen-bond donors (Lipinski definition) is 2. The molecule has 154 valence electrons. The van der Waals surface area contributed by atoms with Gasteiger partial charge in [-0.15, -0.1) is 0 Å². The quantitative estimate of drug-likeness (QED) is 0.444. The smallest absolute Gasteiger partial charge is 0.321 e. The summed E-state index contributed by atoms with van der Waals surface area (Å²) in [4.78, 5) is 13.2. The maximum Gasteiger partial charge on any atom is 0.321 e. The Hall–Kier alpha value is -2.81. The molecule has 0 radical (unpaired) electrons. The number of sulfonamides is 1. The zero-order valence-corrected chi connectivity index (χ0v) is 17.4. The van der Waals surface area contributed by atoms with Crippen molar-refractivity contribution in [1.29, 1.82) is 0 Å². The van der Waals surface area contributed by atoms with Crippen LogP contribution in [-0.4, -0.2) is 25.5 Å². The van der Waals surface area contributed by atoms with Crippen molar-refractivity contribution in [2.75, 3.05) is 0 Å². The highest BCUT2D eigenvalue weighted by Gasteiger charge is 2.27. The van der Waals surface area contributed by atoms with Gasteiger partial charge in [0.25, 0.3) is 0 Å². The molecule has 3 aromatic carbocycles. The summed E-state index contributed by atoms with van der Waals surface area (Å²) < 4.78 is 33.9. The van der Waals surface area contributed by atoms with E-state index in [1.807, 2.05) is 54.6 Å². The third-order valence-electron chi connectivity index (χ3n) is 4.67. The second-order valence-corrected chi connectivity index (χ2v) is 9.59. The Balaban J connectivity index is 1.52. The Morgan fingerprint density at radius 3 is 2.43 bits per heavy atom. The van der Waals surface area contributed by atoms with Crippen LogP contribution in [-0.2, 0) is 21.2 Å². The molecule has 1 heterocycles. The molecule has 1 aliphatic rings. The number of nitrogens with one attached hydrogen (secondary N) is 1. The molecule has 4 rings (SSSR count). The first-order valence-electron chi connectivity index (χ1n) is 9.30. The minimum atomic E-state index is -4.02. The van der Waals surface area contributed by atoms with Gasteiger partial charge < -0.3 is 9.84 Å². The minimum absolute atomic E-state index is 0.00249. The summed E-state index contributed by atoms with van der Waals surface area (Å²) in [5.41, 5.74) is 0.948. The van der Waals surface area contributed by atoms with Crippen LogP contribution in [0, 0.1) is 0 Å². The fourth-order valence-electron chi connectivity index (χ4n) is 3.12. The van der Waals surface area contributed by atoms with Gasteiger partial charge in [-0.1, -0.05) is 54.2 Å². The van der Waals surface area contributed by atoms with E-state index in [1.165, 1.54) is 23.9 Å². The van der Waals surface area contributed by atoms with Gasteiger partial charge in [-0.25, -0.2) is 8.42 Å². The minimum Gasteiger partial charge on any atom is -0.480 e. The number of benzene rings is 3. The van der Waals surface area contributed by atoms with E-state index in [0.29, 0.717) is 17.1 Å². The molecule has 0 saturated heterocycles. The average molecular weight is 442 g/mol. The highest BCUT2D eigenvalue weighted by atomic mass is 32.2. The van der Waals surface area contributed by atoms with E-state index in [9.17, 15) is 18.3 Å². The molecule has 0 amide bonds. The van der Waals surface area contributed by atoms with E-state index in [0.717, 1.165) is 16.2 Å². The van der Waals surface area contributed by atoms with Gasteiger partial charge >= 0.3 is 5.97 Å². The molecule has 2 N–H and O–H groups in total. The molecule has 0 aromatic heterocycles. The molecule has 8 heteroatoms. The topological polar surface area (TPSA) is 92.7 Å². The molecule has 0 fully saturated rings. The molecule has 1 aliphatic heterocycles. The third kappa shape index (κ3) is 4.51. The van der Waals surface area contributed by atoms with Crippen LogP contribution >= 0.6 is 11.8 Å². The van der Waals surface area contributed by atoms with E-state index in [1.54, 1.807) is 6.07 Å². The molecule has 0 saturated carbocycles. The van der Waals surface area contributed by atoms with Crippen molar-refractivity contribution in [3.8, 4) is 11.5 Å². The summed E-state index contributed by atoms with van der Waals surface area (Å²) >= 11 is 1.41. The monoisotopic (exact) mass is 441 g/mol. The fraction of sp³-hybridized carbons (Fsp3) is 0.136. The summed E-state index contributed by atoms with van der Waals surface area (Å²) in [7, 11) is -4.02. The number of ether oxygens (including phenoxy) is 1. The van der Waals surface area contributed by atoms with Crippen molar-refractivity contribution in [2.24, 2.45) is 0 Å². The van der Waals surface area contributed by atoms with E-state index in [4.69, 9.17) is 4.74 Å². The van der Waals surface area contributed by atoms with Gasteiger partial charge in [-0.2, -0.15) is 4.72 Å². The average Bonchev–Trinajstić information content (AvgIpc) is 2.75. The predicted molar refractivity (Wildman–Crippen MR) is 114 cm³/mol. The molecular formula is C22H19NO5S2. The van der Waals surface area contributed by atoms with Crippen LogP contribution in [0.4, 0.5) is 0 Å². The number of fused-ring (bicyclic) bond motifs is 2. The normalized spacial score (nSPS) is 13.6. The van der Waals surface area contributed by atoms with Crippen molar-refractivity contribution in [2.45, 2.75) is 33.6 Å². The Morgan fingerprint density at radius 1 is 0.967 bits per heavy atom. The molecule has 0 unspecified atom stereocenters. The lowest BCUT2D eigenvalue weighted by Crippen LogP contribution is -2.41. The number of para-hydroxylation sites is 1. The van der Waals surface area contributed by atoms with Crippen LogP contribution in [0.2, 0.25) is 0 Å². The molecule has 30 heavy (non-hydrogen) atoms. The van der Waals surface area contributed by atoms with E-state index in [-0.39, 0.29) is 11.3 Å². The van der Waals surface area contributed by atoms with Gasteiger partial charge in [0.05, 0.1) is 14.7 Å². The lowest BCUT2D eigenvalue weighted by atomic mass is 10.1. The van der Waals surface area contributed by atoms with Gasteiger partial charge in [-0.05, 0) is 48.7 Å². The van der Waals surface area contributed by atoms with Gasteiger partial charge in [0.2, 0.25) is 10.0 Å². The van der Waals surface area contributed by atoms with Crippen molar-refractivity contribution < 1.29 is 23.1 Å². The molecular weight excluding hydrogens is 422 g/mol. The van der Waals surface area contributed by atoms with Crippen LogP contribution in [0.15, 0.2) is 87.5 Å². The predicted octanol–water partition coefficient (Wildman–Crippen LogP) is 4.31. The van der Waals surface area contributed by atoms with Gasteiger partial charge in [0.15, 0.2) is 0 Å². The van der Waals surface area contributed by atoms with E-state index >= 15 is 0 Å². The number of carboxylic acid groups (broad SMARTS) is 1. The maximum atomic E-state index is 12.9. The summed E-state index contributed by atoms with van der Waals surface area (Å²) in [5.74, 6) is 0.0752. The van der Waals surface area contributed by atoms with Crippen molar-refractivity contribution >= 4 is 27.8 Å². The van der Waals surface area contributed by atoms with E-state index < -0.39 is 22.0 Å². The summed E-state index contributed by atoms with van der Waals surface area (Å²) in [6.45, 7) is 0. The molecule has 1 atom stereocenters. The molecule has 6 nitrogen and oxygen atoms in total. The first-order chi connectivity index (χ1) is 14.4. The third-order valence-corrected chi connectivity index (χ3v) is 7.24. The zero-order chi connectivity index (χ0) is 21.1. The lowest BCUT2D eigenvalue weighted by Gasteiger charge is -2.20. The van der Waals surface area contributed by atoms with Crippen molar-refractivity contribution in [1.82, 2.24) is 4.72 Å². The fourth-order valence-corrected chi connectivity index (χ4v) is 5.43. The zero-order valence-electron chi connectivity index (χ0n) is 15.8. The highest BCUT2D eigenvalue weighted by Crippen LogP contribution is 2.47. The number of aryl methyl sites for hydroxylation is 1. The van der Waals surface area contributed by atoms with Crippen LogP contribution in [0.3, 0.4) is 0 Å². The number of carbonyl (C=O) groups is 1. The van der Waals surface area contributed by atoms with Crippen LogP contribution in [0.1, 0.15) is 12.0 Å². The molecule has 3 aromatic rings. The lowest BCUT2D eigenvalue weighted by molar-refractivity contribution is -0.139. The van der Waals surface area contributed by atoms with Gasteiger partial charge in [-0.3, -0.25) is 4.79 Å². The number of hydrogen-bond acceptors (Lipinski definition) is 5. The Morgan fingerprint density at radius 2 is 1.67 bits per heavy atom. The number of rotatable bonds is 7. The van der Waals surface area contributed by atoms with Gasteiger partial charge in [0, 0.05) is 0 Å². The largest absolute Gasteiger partial charge is 0.480 e. The second-order valence-electron chi connectivity index (χ2n) is 6.80. The molecule has 0 bridgehead atoms. The first kappa shape index (κ1) is 20.5. The van der Waals surface area contributed by atoms with Gasteiger partial charge in [0.1, 0.15) is 17.5 Å². The molecule has 0 aliphatic carbocycles. The summed E-state index contributed by atoms with van der Waals surface area (Å²) in [6.07, 6.45) is 0.597. The van der Waals surface area contributed by atoms with Crippen LogP contribution < -0.4 is 9.46 Å². The Kier molecular flexibility index (Phi) is 5.80. The molecule has 0 spiro atoms. The first-order valence-corrected chi connectivity index (χ1v) is 11.6. The van der Waals surface area contributed by atoms with Crippen LogP contribution in [0.25, 0.3) is 0 Å². The second kappa shape index (κ2) is 8.51. The summed E-state index contributed by atoms with van der Waals surface area (Å²) in [5, 5.41) is 9.51. The maximum absolute atomic E-state index is 12.9. The highest BCUT2D eigenvalue weighted by molar-refractivity contribution is 7.99. The van der Waals surface area contributed by atoms with Crippen molar-refractivity contribution in [3.05, 3.63) is 78.4 Å². The number of aliphatic carboxylic acids is 1. The van der Waals surface area contributed by atoms with Crippen LogP contribution in [0.5, 0.6) is 11.5 Å². The van der Waals surface area contributed by atoms with E-state index in [2.05, 4.69) is 4.72 Å². The SMILES string of the molecule is O=C(O)[C@@H](CCc1ccccc1)NS(=O)(=O)c1ccc2c(c1)Sc1ccccc1O2. The van der Waals surface area contributed by atoms with Crippen molar-refractivity contribution in [3.63, 3.8) is 0 Å². The number of carboxylic acids is 1. The Bertz CT molecular complexity index is 1180. The Labute approximate surface area is 179 Å².